The van der Waals surface area contributed by atoms with E-state index in [1.807, 2.05) is 6.92 Å². The molecule has 4 heteroatoms. The van der Waals surface area contributed by atoms with Crippen molar-refractivity contribution in [2.24, 2.45) is 11.7 Å². The van der Waals surface area contributed by atoms with Gasteiger partial charge in [0, 0.05) is 12.6 Å². The fourth-order valence-electron chi connectivity index (χ4n) is 2.64. The molecule has 92 valence electrons. The summed E-state index contributed by atoms with van der Waals surface area (Å²) in [6.07, 6.45) is 5.10. The number of carbonyl (C=O) groups is 1. The Morgan fingerprint density at radius 1 is 1.44 bits per heavy atom. The van der Waals surface area contributed by atoms with Crippen molar-refractivity contribution in [3.8, 4) is 0 Å². The maximum absolute atomic E-state index is 12.1. The predicted octanol–water partition coefficient (Wildman–Crippen LogP) is 0.799. The largest absolute Gasteiger partial charge is 0.379 e. The van der Waals surface area contributed by atoms with Crippen LogP contribution in [0.4, 0.5) is 0 Å². The smallest absolute Gasteiger partial charge is 0.225 e. The zero-order chi connectivity index (χ0) is 11.6. The molecule has 0 radical (unpaired) electrons. The molecule has 0 bridgehead atoms. The molecular formula is C12H22N2O2. The fourth-order valence-corrected chi connectivity index (χ4v) is 2.64. The summed E-state index contributed by atoms with van der Waals surface area (Å²) in [4.78, 5) is 12.1. The van der Waals surface area contributed by atoms with Gasteiger partial charge in [-0.05, 0) is 26.2 Å². The van der Waals surface area contributed by atoms with Gasteiger partial charge in [-0.25, -0.2) is 0 Å². The first-order valence-corrected chi connectivity index (χ1v) is 6.26. The maximum Gasteiger partial charge on any atom is 0.225 e. The van der Waals surface area contributed by atoms with Crippen LogP contribution in [0.1, 0.15) is 39.0 Å². The molecule has 4 nitrogen and oxygen atoms in total. The Labute approximate surface area is 96.9 Å². The van der Waals surface area contributed by atoms with Crippen LogP contribution < -0.4 is 11.1 Å². The van der Waals surface area contributed by atoms with Crippen LogP contribution >= 0.6 is 0 Å². The number of rotatable bonds is 2. The number of hydrogen-bond donors (Lipinski definition) is 2. The summed E-state index contributed by atoms with van der Waals surface area (Å²) in [5, 5.41) is 3.11. The third-order valence-electron chi connectivity index (χ3n) is 3.80. The summed E-state index contributed by atoms with van der Waals surface area (Å²) in [5.41, 5.74) is 5.83. The van der Waals surface area contributed by atoms with Crippen LogP contribution in [0.5, 0.6) is 0 Å². The van der Waals surface area contributed by atoms with Crippen LogP contribution in [0.15, 0.2) is 0 Å². The highest BCUT2D eigenvalue weighted by molar-refractivity contribution is 5.80. The third-order valence-corrected chi connectivity index (χ3v) is 3.80. The number of carbonyl (C=O) groups excluding carboxylic acids is 1. The summed E-state index contributed by atoms with van der Waals surface area (Å²) >= 11 is 0. The minimum atomic E-state index is -0.172. The fraction of sp³-hybridized carbons (Fsp3) is 0.917. The van der Waals surface area contributed by atoms with Crippen molar-refractivity contribution < 1.29 is 9.53 Å². The van der Waals surface area contributed by atoms with Crippen molar-refractivity contribution in [3.05, 3.63) is 0 Å². The summed E-state index contributed by atoms with van der Waals surface area (Å²) in [6, 6.07) is 0.0414. The topological polar surface area (TPSA) is 64.4 Å². The van der Waals surface area contributed by atoms with E-state index in [9.17, 15) is 4.79 Å². The highest BCUT2D eigenvalue weighted by Crippen LogP contribution is 2.25. The lowest BCUT2D eigenvalue weighted by Gasteiger charge is -2.31. The van der Waals surface area contributed by atoms with Gasteiger partial charge in [0.1, 0.15) is 0 Å². The van der Waals surface area contributed by atoms with Gasteiger partial charge in [0.2, 0.25) is 5.91 Å². The van der Waals surface area contributed by atoms with E-state index in [1.54, 1.807) is 0 Å². The van der Waals surface area contributed by atoms with Crippen molar-refractivity contribution in [2.75, 3.05) is 13.2 Å². The molecular weight excluding hydrogens is 204 g/mol. The van der Waals surface area contributed by atoms with Gasteiger partial charge >= 0.3 is 0 Å². The van der Waals surface area contributed by atoms with E-state index in [-0.39, 0.29) is 23.4 Å². The highest BCUT2D eigenvalue weighted by atomic mass is 16.5. The molecule has 0 aromatic rings. The van der Waals surface area contributed by atoms with E-state index in [0.717, 1.165) is 38.7 Å². The molecule has 3 atom stereocenters. The molecule has 1 aliphatic carbocycles. The number of amides is 1. The van der Waals surface area contributed by atoms with Gasteiger partial charge in [-0.15, -0.1) is 0 Å². The van der Waals surface area contributed by atoms with Crippen LogP contribution in [0.3, 0.4) is 0 Å². The highest BCUT2D eigenvalue weighted by Gasteiger charge is 2.35. The van der Waals surface area contributed by atoms with Gasteiger partial charge in [-0.1, -0.05) is 12.8 Å². The van der Waals surface area contributed by atoms with E-state index in [2.05, 4.69) is 5.32 Å². The second-order valence-electron chi connectivity index (χ2n) is 5.41. The van der Waals surface area contributed by atoms with Gasteiger partial charge in [-0.3, -0.25) is 4.79 Å². The lowest BCUT2D eigenvalue weighted by atomic mass is 9.84. The van der Waals surface area contributed by atoms with Gasteiger partial charge in [0.25, 0.3) is 0 Å². The second-order valence-corrected chi connectivity index (χ2v) is 5.41. The molecule has 1 heterocycles. The Morgan fingerprint density at radius 3 is 2.81 bits per heavy atom. The Bertz CT molecular complexity index is 262. The number of nitrogens with two attached hydrogens (primary N) is 1. The molecule has 16 heavy (non-hydrogen) atoms. The van der Waals surface area contributed by atoms with Gasteiger partial charge < -0.3 is 15.8 Å². The minimum Gasteiger partial charge on any atom is -0.379 e. The first-order chi connectivity index (χ1) is 7.61. The Kier molecular flexibility index (Phi) is 3.50. The Hall–Kier alpha value is -0.610. The maximum atomic E-state index is 12.1. The standard InChI is InChI=1S/C12H22N2O2/c1-12(6-7-16-8-12)14-11(15)9-4-2-3-5-10(9)13/h9-10H,2-8,13H2,1H3,(H,14,15). The van der Waals surface area contributed by atoms with Crippen molar-refractivity contribution >= 4 is 5.91 Å². The van der Waals surface area contributed by atoms with E-state index in [0.29, 0.717) is 6.61 Å². The SMILES string of the molecule is CC1(NC(=O)C2CCCCC2N)CCOC1. The molecule has 0 spiro atoms. The Morgan fingerprint density at radius 2 is 2.19 bits per heavy atom. The van der Waals surface area contributed by atoms with Crippen LogP contribution in [0.25, 0.3) is 0 Å². The number of ether oxygens (including phenoxy) is 1. The molecule has 2 aliphatic rings. The monoisotopic (exact) mass is 226 g/mol. The summed E-state index contributed by atoms with van der Waals surface area (Å²) < 4.78 is 5.33. The summed E-state index contributed by atoms with van der Waals surface area (Å²) in [6.45, 7) is 3.42. The first-order valence-electron chi connectivity index (χ1n) is 6.26. The average Bonchev–Trinajstić information content (AvgIpc) is 2.65. The molecule has 1 aliphatic heterocycles. The van der Waals surface area contributed by atoms with Gasteiger partial charge in [0.05, 0.1) is 18.1 Å². The number of nitrogens with one attached hydrogen (secondary N) is 1. The van der Waals surface area contributed by atoms with Gasteiger partial charge in [-0.2, -0.15) is 0 Å². The lowest BCUT2D eigenvalue weighted by Crippen LogP contribution is -2.52. The van der Waals surface area contributed by atoms with Gasteiger partial charge in [0.15, 0.2) is 0 Å². The molecule has 2 rings (SSSR count). The van der Waals surface area contributed by atoms with Crippen molar-refractivity contribution in [1.29, 1.82) is 0 Å². The van der Waals surface area contributed by atoms with Crippen LogP contribution in [-0.4, -0.2) is 30.7 Å². The predicted molar refractivity (Wildman–Crippen MR) is 61.9 cm³/mol. The van der Waals surface area contributed by atoms with Crippen molar-refractivity contribution in [1.82, 2.24) is 5.32 Å². The minimum absolute atomic E-state index is 0.00572. The zero-order valence-corrected chi connectivity index (χ0v) is 10.00. The quantitative estimate of drug-likeness (QED) is 0.732. The average molecular weight is 226 g/mol. The molecule has 3 unspecified atom stereocenters. The molecule has 2 fully saturated rings. The van der Waals surface area contributed by atoms with Crippen LogP contribution in [-0.2, 0) is 9.53 Å². The third kappa shape index (κ3) is 2.55. The van der Waals surface area contributed by atoms with Crippen LogP contribution in [0.2, 0.25) is 0 Å². The summed E-state index contributed by atoms with van der Waals surface area (Å²) in [7, 11) is 0. The lowest BCUT2D eigenvalue weighted by molar-refractivity contribution is -0.128. The van der Waals surface area contributed by atoms with Crippen molar-refractivity contribution in [2.45, 2.75) is 50.6 Å². The van der Waals surface area contributed by atoms with E-state index in [1.165, 1.54) is 0 Å². The first kappa shape index (κ1) is 11.9. The molecule has 1 amide bonds. The van der Waals surface area contributed by atoms with E-state index < -0.39 is 0 Å². The molecule has 1 saturated carbocycles. The molecule has 3 N–H and O–H groups in total. The number of hydrogen-bond acceptors (Lipinski definition) is 3. The summed E-state index contributed by atoms with van der Waals surface area (Å²) in [5.74, 6) is 0.131. The van der Waals surface area contributed by atoms with Crippen molar-refractivity contribution in [3.63, 3.8) is 0 Å². The van der Waals surface area contributed by atoms with E-state index >= 15 is 0 Å². The molecule has 1 saturated heterocycles. The zero-order valence-electron chi connectivity index (χ0n) is 10.00. The van der Waals surface area contributed by atoms with E-state index in [4.69, 9.17) is 10.5 Å². The molecule has 0 aromatic heterocycles. The van der Waals surface area contributed by atoms with Crippen LogP contribution in [0, 0.1) is 5.92 Å². The molecule has 0 aromatic carbocycles. The Balaban J connectivity index is 1.91. The normalized spacial score (nSPS) is 39.6. The second kappa shape index (κ2) is 4.72.